The highest BCUT2D eigenvalue weighted by molar-refractivity contribution is 14.1. The zero-order valence-electron chi connectivity index (χ0n) is 13.8. The van der Waals surface area contributed by atoms with Crippen molar-refractivity contribution in [2.45, 2.75) is 25.9 Å². The quantitative estimate of drug-likeness (QED) is 0.633. The smallest absolute Gasteiger partial charge is 0.254 e. The van der Waals surface area contributed by atoms with Crippen LogP contribution in [-0.4, -0.2) is 30.0 Å². The minimum atomic E-state index is -0.701. The number of hydrogen-bond acceptors (Lipinski definition) is 2. The molecule has 132 valence electrons. The highest BCUT2D eigenvalue weighted by Gasteiger charge is 2.26. The molecule has 1 fully saturated rings. The van der Waals surface area contributed by atoms with Gasteiger partial charge in [0.2, 0.25) is 0 Å². The van der Waals surface area contributed by atoms with Crippen LogP contribution in [0.15, 0.2) is 36.4 Å². The van der Waals surface area contributed by atoms with E-state index in [0.29, 0.717) is 31.5 Å². The molecule has 1 amide bonds. The highest BCUT2D eigenvalue weighted by Crippen LogP contribution is 2.24. The van der Waals surface area contributed by atoms with Crippen molar-refractivity contribution in [3.8, 4) is 5.75 Å². The first-order valence-corrected chi connectivity index (χ1v) is 9.19. The van der Waals surface area contributed by atoms with Gasteiger partial charge in [-0.15, -0.1) is 0 Å². The molecule has 0 aromatic heterocycles. The average molecular weight is 457 g/mol. The lowest BCUT2D eigenvalue weighted by Gasteiger charge is -2.32. The van der Waals surface area contributed by atoms with E-state index in [-0.39, 0.29) is 17.8 Å². The second-order valence-electron chi connectivity index (χ2n) is 6.12. The molecule has 0 radical (unpaired) electrons. The third kappa shape index (κ3) is 4.11. The molecule has 0 atom stereocenters. The van der Waals surface area contributed by atoms with Crippen molar-refractivity contribution >= 4 is 28.5 Å². The molecule has 0 bridgehead atoms. The van der Waals surface area contributed by atoms with E-state index in [1.54, 1.807) is 4.90 Å². The van der Waals surface area contributed by atoms with E-state index >= 15 is 0 Å². The van der Waals surface area contributed by atoms with Gasteiger partial charge < -0.3 is 9.64 Å². The Kier molecular flexibility index (Phi) is 5.56. The van der Waals surface area contributed by atoms with E-state index in [2.05, 4.69) is 22.6 Å². The van der Waals surface area contributed by atoms with Crippen LogP contribution in [0.5, 0.6) is 5.75 Å². The fourth-order valence-electron chi connectivity index (χ4n) is 2.91. The fourth-order valence-corrected chi connectivity index (χ4v) is 3.50. The van der Waals surface area contributed by atoms with Crippen LogP contribution in [0.4, 0.5) is 8.78 Å². The standard InChI is InChI=1S/C19H18F2INO2/c1-12-3-2-4-15(18(12)22)19(24)23-9-7-14(8-10-23)25-17-6-5-13(20)11-16(17)21/h2-6,11,14H,7-10H2,1H3. The van der Waals surface area contributed by atoms with Crippen molar-refractivity contribution in [3.63, 3.8) is 0 Å². The van der Waals surface area contributed by atoms with Gasteiger partial charge in [-0.1, -0.05) is 12.1 Å². The van der Waals surface area contributed by atoms with Crippen LogP contribution in [0.1, 0.15) is 28.8 Å². The molecule has 0 saturated carbocycles. The molecular formula is C19H18F2INO2. The van der Waals surface area contributed by atoms with Gasteiger partial charge in [0.1, 0.15) is 11.9 Å². The van der Waals surface area contributed by atoms with Gasteiger partial charge in [0, 0.05) is 35.6 Å². The molecule has 3 nitrogen and oxygen atoms in total. The fraction of sp³-hybridized carbons (Fsp3) is 0.316. The molecule has 1 aliphatic rings. The van der Waals surface area contributed by atoms with Gasteiger partial charge in [-0.2, -0.15) is 0 Å². The molecule has 0 spiro atoms. The van der Waals surface area contributed by atoms with E-state index in [1.807, 2.05) is 25.1 Å². The first-order chi connectivity index (χ1) is 12.0. The van der Waals surface area contributed by atoms with Gasteiger partial charge in [-0.25, -0.2) is 8.78 Å². The number of benzene rings is 2. The molecular weight excluding hydrogens is 439 g/mol. The van der Waals surface area contributed by atoms with E-state index in [4.69, 9.17) is 4.74 Å². The molecule has 1 aliphatic heterocycles. The Morgan fingerprint density at radius 3 is 2.60 bits per heavy atom. The Hall–Kier alpha value is -1.70. The largest absolute Gasteiger partial charge is 0.487 e. The van der Waals surface area contributed by atoms with Crippen LogP contribution in [-0.2, 0) is 0 Å². The maximum atomic E-state index is 13.7. The number of carbonyl (C=O) groups is 1. The lowest BCUT2D eigenvalue weighted by Crippen LogP contribution is -2.42. The maximum Gasteiger partial charge on any atom is 0.254 e. The summed E-state index contributed by atoms with van der Waals surface area (Å²) in [5.41, 5.74) is 1.79. The Morgan fingerprint density at radius 1 is 1.20 bits per heavy atom. The third-order valence-corrected chi connectivity index (χ3v) is 5.77. The molecule has 0 unspecified atom stereocenters. The molecule has 1 heterocycles. The van der Waals surface area contributed by atoms with Crippen LogP contribution in [0.2, 0.25) is 0 Å². The summed E-state index contributed by atoms with van der Waals surface area (Å²) in [7, 11) is 0. The third-order valence-electron chi connectivity index (χ3n) is 4.34. The van der Waals surface area contributed by atoms with Gasteiger partial charge in [0.25, 0.3) is 5.91 Å². The maximum absolute atomic E-state index is 13.7. The van der Waals surface area contributed by atoms with Gasteiger partial charge in [0.15, 0.2) is 11.6 Å². The summed E-state index contributed by atoms with van der Waals surface area (Å²) in [4.78, 5) is 14.5. The molecule has 0 N–H and O–H groups in total. The number of hydrogen-bond donors (Lipinski definition) is 0. The number of likely N-dealkylation sites (tertiary alicyclic amines) is 1. The number of nitrogens with zero attached hydrogens (tertiary/aromatic N) is 1. The monoisotopic (exact) mass is 457 g/mol. The Balaban J connectivity index is 1.61. The molecule has 2 aromatic carbocycles. The van der Waals surface area contributed by atoms with Gasteiger partial charge >= 0.3 is 0 Å². The number of piperidine rings is 1. The molecule has 1 saturated heterocycles. The van der Waals surface area contributed by atoms with Gasteiger partial charge in [0.05, 0.1) is 5.56 Å². The summed E-state index contributed by atoms with van der Waals surface area (Å²) in [6, 6.07) is 9.00. The summed E-state index contributed by atoms with van der Waals surface area (Å²) in [5.74, 6) is -1.26. The summed E-state index contributed by atoms with van der Waals surface area (Å²) >= 11 is 2.20. The second-order valence-corrected chi connectivity index (χ2v) is 7.20. The Labute approximate surface area is 159 Å². The van der Waals surface area contributed by atoms with Crippen molar-refractivity contribution in [3.05, 3.63) is 62.7 Å². The predicted octanol–water partition coefficient (Wildman–Crippen LogP) is 4.56. The van der Waals surface area contributed by atoms with Gasteiger partial charge in [-0.3, -0.25) is 4.79 Å². The average Bonchev–Trinajstić information content (AvgIpc) is 2.60. The summed E-state index contributed by atoms with van der Waals surface area (Å²) in [6.45, 7) is 3.09. The zero-order chi connectivity index (χ0) is 18.0. The molecule has 6 heteroatoms. The van der Waals surface area contributed by atoms with E-state index in [9.17, 15) is 13.6 Å². The van der Waals surface area contributed by atoms with Crippen LogP contribution in [0.25, 0.3) is 0 Å². The minimum absolute atomic E-state index is 0.0134. The van der Waals surface area contributed by atoms with E-state index in [1.165, 1.54) is 12.1 Å². The number of ether oxygens (including phenoxy) is 1. The number of amides is 1. The number of carbonyl (C=O) groups excluding carboxylic acids is 1. The molecule has 2 aromatic rings. The molecule has 0 aliphatic carbocycles. The van der Waals surface area contributed by atoms with Gasteiger partial charge in [-0.05, 0) is 53.3 Å². The second kappa shape index (κ2) is 7.68. The lowest BCUT2D eigenvalue weighted by atomic mass is 10.1. The van der Waals surface area contributed by atoms with E-state index in [0.717, 1.165) is 15.2 Å². The number of aryl methyl sites for hydroxylation is 1. The van der Waals surface area contributed by atoms with Crippen LogP contribution >= 0.6 is 22.6 Å². The van der Waals surface area contributed by atoms with Crippen LogP contribution < -0.4 is 4.74 Å². The van der Waals surface area contributed by atoms with Crippen LogP contribution in [0, 0.1) is 22.1 Å². The van der Waals surface area contributed by atoms with E-state index < -0.39 is 11.6 Å². The summed E-state index contributed by atoms with van der Waals surface area (Å²) in [6.07, 6.45) is 1.05. The van der Waals surface area contributed by atoms with Crippen molar-refractivity contribution in [2.75, 3.05) is 13.1 Å². The predicted molar refractivity (Wildman–Crippen MR) is 99.8 cm³/mol. The SMILES string of the molecule is Cc1cccc(C(=O)N2CCC(Oc3ccc(F)cc3F)CC2)c1I. The Bertz CT molecular complexity index is 789. The topological polar surface area (TPSA) is 29.5 Å². The normalized spacial score (nSPS) is 15.3. The van der Waals surface area contributed by atoms with Crippen molar-refractivity contribution in [1.29, 1.82) is 0 Å². The molecule has 3 rings (SSSR count). The zero-order valence-corrected chi connectivity index (χ0v) is 15.9. The van der Waals surface area contributed by atoms with Crippen LogP contribution in [0.3, 0.4) is 0 Å². The van der Waals surface area contributed by atoms with Crippen molar-refractivity contribution in [1.82, 2.24) is 4.90 Å². The summed E-state index contributed by atoms with van der Waals surface area (Å²) < 4.78 is 33.2. The number of halogens is 3. The highest BCUT2D eigenvalue weighted by atomic mass is 127. The minimum Gasteiger partial charge on any atom is -0.487 e. The first kappa shape index (κ1) is 18.1. The summed E-state index contributed by atoms with van der Waals surface area (Å²) in [5, 5.41) is 0. The Morgan fingerprint density at radius 2 is 1.92 bits per heavy atom. The molecule has 25 heavy (non-hydrogen) atoms. The van der Waals surface area contributed by atoms with Crippen molar-refractivity contribution in [2.24, 2.45) is 0 Å². The van der Waals surface area contributed by atoms with Crippen molar-refractivity contribution < 1.29 is 18.3 Å². The first-order valence-electron chi connectivity index (χ1n) is 8.12. The lowest BCUT2D eigenvalue weighted by molar-refractivity contribution is 0.0587. The number of rotatable bonds is 3.